The highest BCUT2D eigenvalue weighted by molar-refractivity contribution is 7.22. The third kappa shape index (κ3) is 1.18. The molecular formula is C11H11N3S. The molecule has 0 unspecified atom stereocenters. The van der Waals surface area contributed by atoms with Crippen molar-refractivity contribution in [2.75, 3.05) is 12.8 Å². The SMILES string of the molecule is CN=C1CCc2ccc3nc(N)sc3c21. The molecule has 1 heterocycles. The molecule has 0 aliphatic heterocycles. The van der Waals surface area contributed by atoms with E-state index in [1.807, 2.05) is 7.05 Å². The molecule has 0 spiro atoms. The van der Waals surface area contributed by atoms with E-state index < -0.39 is 0 Å². The van der Waals surface area contributed by atoms with E-state index in [4.69, 9.17) is 5.73 Å². The molecule has 2 N–H and O–H groups in total. The van der Waals surface area contributed by atoms with E-state index in [0.29, 0.717) is 5.13 Å². The van der Waals surface area contributed by atoms with Crippen molar-refractivity contribution in [2.24, 2.45) is 4.99 Å². The first-order valence-electron chi connectivity index (χ1n) is 4.93. The van der Waals surface area contributed by atoms with Crippen LogP contribution in [0.1, 0.15) is 17.5 Å². The average Bonchev–Trinajstić information content (AvgIpc) is 2.78. The maximum absolute atomic E-state index is 5.74. The molecule has 3 rings (SSSR count). The Labute approximate surface area is 91.7 Å². The zero-order valence-electron chi connectivity index (χ0n) is 8.45. The number of aromatic nitrogens is 1. The number of nitrogens with zero attached hydrogens (tertiary/aromatic N) is 2. The molecule has 15 heavy (non-hydrogen) atoms. The van der Waals surface area contributed by atoms with Crippen LogP contribution in [0.4, 0.5) is 5.13 Å². The molecular weight excluding hydrogens is 206 g/mol. The Morgan fingerprint density at radius 1 is 1.40 bits per heavy atom. The van der Waals surface area contributed by atoms with Gasteiger partial charge >= 0.3 is 0 Å². The van der Waals surface area contributed by atoms with Crippen LogP contribution in [-0.2, 0) is 6.42 Å². The van der Waals surface area contributed by atoms with Crippen molar-refractivity contribution in [3.05, 3.63) is 23.3 Å². The van der Waals surface area contributed by atoms with Crippen molar-refractivity contribution in [1.82, 2.24) is 4.98 Å². The van der Waals surface area contributed by atoms with Gasteiger partial charge < -0.3 is 5.73 Å². The topological polar surface area (TPSA) is 51.3 Å². The summed E-state index contributed by atoms with van der Waals surface area (Å²) < 4.78 is 1.20. The van der Waals surface area contributed by atoms with Gasteiger partial charge in [0, 0.05) is 18.3 Å². The van der Waals surface area contributed by atoms with Crippen molar-refractivity contribution in [3.63, 3.8) is 0 Å². The zero-order chi connectivity index (χ0) is 10.4. The lowest BCUT2D eigenvalue weighted by Gasteiger charge is -1.99. The maximum atomic E-state index is 5.74. The second-order valence-electron chi connectivity index (χ2n) is 3.67. The Bertz CT molecular complexity index is 568. The van der Waals surface area contributed by atoms with Gasteiger partial charge in [-0.05, 0) is 24.5 Å². The standard InChI is InChI=1S/C11H11N3S/c1-13-7-4-2-6-3-5-8-10(9(6)7)15-11(12)14-8/h3,5H,2,4H2,1H3,(H2,12,14). The molecule has 1 aliphatic rings. The molecule has 2 aromatic rings. The predicted octanol–water partition coefficient (Wildman–Crippen LogP) is 2.24. The molecule has 1 aromatic heterocycles. The molecule has 1 aromatic carbocycles. The van der Waals surface area contributed by atoms with E-state index >= 15 is 0 Å². The largest absolute Gasteiger partial charge is 0.375 e. The van der Waals surface area contributed by atoms with E-state index in [1.54, 1.807) is 11.3 Å². The number of hydrogen-bond donors (Lipinski definition) is 1. The lowest BCUT2D eigenvalue weighted by molar-refractivity contribution is 1.09. The van der Waals surface area contributed by atoms with Crippen molar-refractivity contribution in [1.29, 1.82) is 0 Å². The number of rotatable bonds is 0. The molecule has 0 saturated carbocycles. The van der Waals surface area contributed by atoms with Crippen LogP contribution in [0.5, 0.6) is 0 Å². The van der Waals surface area contributed by atoms with E-state index in [0.717, 1.165) is 18.4 Å². The number of anilines is 1. The van der Waals surface area contributed by atoms with Gasteiger partial charge in [0.15, 0.2) is 5.13 Å². The van der Waals surface area contributed by atoms with Gasteiger partial charge in [0.05, 0.1) is 10.2 Å². The molecule has 0 fully saturated rings. The first-order chi connectivity index (χ1) is 7.29. The van der Waals surface area contributed by atoms with E-state index in [2.05, 4.69) is 22.1 Å². The number of aryl methyl sites for hydroxylation is 1. The van der Waals surface area contributed by atoms with Crippen molar-refractivity contribution in [2.45, 2.75) is 12.8 Å². The summed E-state index contributed by atoms with van der Waals surface area (Å²) in [6.07, 6.45) is 2.14. The molecule has 4 heteroatoms. The lowest BCUT2D eigenvalue weighted by Crippen LogP contribution is -1.93. The van der Waals surface area contributed by atoms with Gasteiger partial charge in [0.25, 0.3) is 0 Å². The fourth-order valence-corrected chi connectivity index (χ4v) is 3.10. The number of benzene rings is 1. The second kappa shape index (κ2) is 3.03. The average molecular weight is 217 g/mol. The lowest BCUT2D eigenvalue weighted by atomic mass is 10.1. The Balaban J connectivity index is 2.42. The molecule has 3 nitrogen and oxygen atoms in total. The molecule has 0 amide bonds. The van der Waals surface area contributed by atoms with Crippen LogP contribution in [0, 0.1) is 0 Å². The van der Waals surface area contributed by atoms with Crippen LogP contribution in [0.25, 0.3) is 10.2 Å². The van der Waals surface area contributed by atoms with Crippen molar-refractivity contribution >= 4 is 32.4 Å². The molecule has 0 bridgehead atoms. The normalized spacial score (nSPS) is 17.5. The Morgan fingerprint density at radius 3 is 3.07 bits per heavy atom. The minimum Gasteiger partial charge on any atom is -0.375 e. The van der Waals surface area contributed by atoms with Crippen LogP contribution in [0.3, 0.4) is 0 Å². The number of nitrogens with two attached hydrogens (primary N) is 1. The first kappa shape index (κ1) is 8.85. The third-order valence-corrected chi connectivity index (χ3v) is 3.77. The van der Waals surface area contributed by atoms with Crippen LogP contribution in [0.15, 0.2) is 17.1 Å². The highest BCUT2D eigenvalue weighted by atomic mass is 32.1. The Hall–Kier alpha value is -1.42. The first-order valence-corrected chi connectivity index (χ1v) is 5.75. The molecule has 0 radical (unpaired) electrons. The minimum atomic E-state index is 0.640. The molecule has 0 atom stereocenters. The van der Waals surface area contributed by atoms with E-state index in [9.17, 15) is 0 Å². The summed E-state index contributed by atoms with van der Waals surface area (Å²) in [4.78, 5) is 8.64. The Kier molecular flexibility index (Phi) is 1.79. The number of thiazole rings is 1. The van der Waals surface area contributed by atoms with E-state index in [-0.39, 0.29) is 0 Å². The van der Waals surface area contributed by atoms with E-state index in [1.165, 1.54) is 21.5 Å². The highest BCUT2D eigenvalue weighted by Gasteiger charge is 2.21. The van der Waals surface area contributed by atoms with Crippen molar-refractivity contribution in [3.8, 4) is 0 Å². The number of aliphatic imine (C=N–C) groups is 1. The minimum absolute atomic E-state index is 0.640. The van der Waals surface area contributed by atoms with Crippen molar-refractivity contribution < 1.29 is 0 Å². The summed E-state index contributed by atoms with van der Waals surface area (Å²) in [5.74, 6) is 0. The number of fused-ring (bicyclic) bond motifs is 3. The summed E-state index contributed by atoms with van der Waals surface area (Å²) in [7, 11) is 1.85. The van der Waals surface area contributed by atoms with Gasteiger partial charge in [-0.25, -0.2) is 4.98 Å². The summed E-state index contributed by atoms with van der Waals surface area (Å²) in [6.45, 7) is 0. The zero-order valence-corrected chi connectivity index (χ0v) is 9.27. The van der Waals surface area contributed by atoms with Gasteiger partial charge in [-0.3, -0.25) is 4.99 Å². The fourth-order valence-electron chi connectivity index (χ4n) is 2.18. The second-order valence-corrected chi connectivity index (χ2v) is 4.70. The van der Waals surface area contributed by atoms with Gasteiger partial charge in [0.1, 0.15) is 0 Å². The number of nitrogen functional groups attached to an aromatic ring is 1. The van der Waals surface area contributed by atoms with Crippen LogP contribution < -0.4 is 5.73 Å². The van der Waals surface area contributed by atoms with Gasteiger partial charge in [0.2, 0.25) is 0 Å². The van der Waals surface area contributed by atoms with Gasteiger partial charge in [-0.2, -0.15) is 0 Å². The summed E-state index contributed by atoms with van der Waals surface area (Å²) in [5, 5.41) is 0.640. The number of hydrogen-bond acceptors (Lipinski definition) is 4. The summed E-state index contributed by atoms with van der Waals surface area (Å²) >= 11 is 1.56. The quantitative estimate of drug-likeness (QED) is 0.735. The Morgan fingerprint density at radius 2 is 2.27 bits per heavy atom. The fraction of sp³-hybridized carbons (Fsp3) is 0.273. The molecule has 1 aliphatic carbocycles. The summed E-state index contributed by atoms with van der Waals surface area (Å²) in [6, 6.07) is 4.20. The summed E-state index contributed by atoms with van der Waals surface area (Å²) in [5.41, 5.74) is 10.6. The van der Waals surface area contributed by atoms with Gasteiger partial charge in [-0.15, -0.1) is 0 Å². The predicted molar refractivity (Wildman–Crippen MR) is 64.8 cm³/mol. The van der Waals surface area contributed by atoms with Crippen LogP contribution in [0.2, 0.25) is 0 Å². The monoisotopic (exact) mass is 217 g/mol. The molecule has 0 saturated heterocycles. The maximum Gasteiger partial charge on any atom is 0.181 e. The van der Waals surface area contributed by atoms with Gasteiger partial charge in [-0.1, -0.05) is 17.4 Å². The third-order valence-electron chi connectivity index (χ3n) is 2.85. The smallest absolute Gasteiger partial charge is 0.181 e. The van der Waals surface area contributed by atoms with Crippen LogP contribution in [-0.4, -0.2) is 17.7 Å². The highest BCUT2D eigenvalue weighted by Crippen LogP contribution is 2.34. The van der Waals surface area contributed by atoms with Crippen LogP contribution >= 0.6 is 11.3 Å². The molecule has 76 valence electrons.